The quantitative estimate of drug-likeness (QED) is 0.894. The van der Waals surface area contributed by atoms with Gasteiger partial charge in [0.25, 0.3) is 0 Å². The van der Waals surface area contributed by atoms with Crippen molar-refractivity contribution < 1.29 is 4.79 Å². The van der Waals surface area contributed by atoms with Crippen LogP contribution >= 0.6 is 0 Å². The average Bonchev–Trinajstić information content (AvgIpc) is 2.88. The van der Waals surface area contributed by atoms with Crippen LogP contribution in [0.4, 0.5) is 0 Å². The predicted octanol–water partition coefficient (Wildman–Crippen LogP) is 1.58. The number of carbonyl (C=O) groups is 1. The Hall–Kier alpha value is -1.86. The molecular weight excluding hydrogens is 238 g/mol. The maximum atomic E-state index is 11.8. The molecule has 1 aliphatic heterocycles. The molecule has 0 saturated carbocycles. The van der Waals surface area contributed by atoms with E-state index in [-0.39, 0.29) is 11.9 Å². The summed E-state index contributed by atoms with van der Waals surface area (Å²) < 4.78 is 0. The van der Waals surface area contributed by atoms with Gasteiger partial charge < -0.3 is 5.32 Å². The fraction of sp³-hybridized carbons (Fsp3) is 0.467. The van der Waals surface area contributed by atoms with E-state index in [1.807, 2.05) is 25.1 Å². The lowest BCUT2D eigenvalue weighted by molar-refractivity contribution is -0.125. The minimum Gasteiger partial charge on any atom is -0.358 e. The number of nitrogens with zero attached hydrogens (tertiary/aromatic N) is 2. The van der Waals surface area contributed by atoms with Gasteiger partial charge in [0, 0.05) is 13.6 Å². The van der Waals surface area contributed by atoms with Gasteiger partial charge in [-0.1, -0.05) is 6.07 Å². The number of nitriles is 1. The molecule has 4 nitrogen and oxygen atoms in total. The summed E-state index contributed by atoms with van der Waals surface area (Å²) in [5.74, 6) is 0.101. The zero-order chi connectivity index (χ0) is 13.8. The zero-order valence-electron chi connectivity index (χ0n) is 11.4. The molecule has 1 atom stereocenters. The van der Waals surface area contributed by atoms with E-state index in [0.29, 0.717) is 5.56 Å². The normalized spacial score (nSPS) is 19.1. The Balaban J connectivity index is 2.12. The molecule has 1 fully saturated rings. The first-order valence-corrected chi connectivity index (χ1v) is 6.61. The first-order valence-electron chi connectivity index (χ1n) is 6.61. The van der Waals surface area contributed by atoms with Gasteiger partial charge in [0.2, 0.25) is 5.91 Å². The van der Waals surface area contributed by atoms with Crippen LogP contribution in [0.3, 0.4) is 0 Å². The van der Waals surface area contributed by atoms with Crippen LogP contribution in [0.25, 0.3) is 0 Å². The van der Waals surface area contributed by atoms with E-state index in [1.165, 1.54) is 5.56 Å². The van der Waals surface area contributed by atoms with Crippen molar-refractivity contribution in [2.45, 2.75) is 32.4 Å². The lowest BCUT2D eigenvalue weighted by Crippen LogP contribution is -2.41. The van der Waals surface area contributed by atoms with Crippen LogP contribution in [0.2, 0.25) is 0 Å². The maximum absolute atomic E-state index is 11.8. The number of amides is 1. The van der Waals surface area contributed by atoms with Crippen molar-refractivity contribution in [3.8, 4) is 6.07 Å². The molecular formula is C15H19N3O. The summed E-state index contributed by atoms with van der Waals surface area (Å²) in [5.41, 5.74) is 2.99. The van der Waals surface area contributed by atoms with Crippen molar-refractivity contribution in [3.05, 3.63) is 34.9 Å². The zero-order valence-corrected chi connectivity index (χ0v) is 11.4. The SMILES string of the molecule is CNC(=O)C1CCCN1Cc1ccc(C#N)cc1C. The summed E-state index contributed by atoms with van der Waals surface area (Å²) in [4.78, 5) is 14.0. The second kappa shape index (κ2) is 5.85. The highest BCUT2D eigenvalue weighted by Gasteiger charge is 2.29. The van der Waals surface area contributed by atoms with Crippen LogP contribution in [0, 0.1) is 18.3 Å². The van der Waals surface area contributed by atoms with Crippen molar-refractivity contribution in [2.75, 3.05) is 13.6 Å². The van der Waals surface area contributed by atoms with E-state index < -0.39 is 0 Å². The van der Waals surface area contributed by atoms with Gasteiger partial charge in [-0.05, 0) is 49.6 Å². The van der Waals surface area contributed by atoms with Crippen LogP contribution < -0.4 is 5.32 Å². The molecule has 0 aliphatic carbocycles. The minimum absolute atomic E-state index is 0.0138. The third-order valence-electron chi connectivity index (χ3n) is 3.76. The molecule has 1 saturated heterocycles. The number of carbonyl (C=O) groups excluding carboxylic acids is 1. The van der Waals surface area contributed by atoms with E-state index in [1.54, 1.807) is 7.05 Å². The number of likely N-dealkylation sites (N-methyl/N-ethyl adjacent to an activating group) is 1. The van der Waals surface area contributed by atoms with Gasteiger partial charge >= 0.3 is 0 Å². The number of benzene rings is 1. The van der Waals surface area contributed by atoms with Gasteiger partial charge in [0.05, 0.1) is 17.7 Å². The van der Waals surface area contributed by atoms with Gasteiger partial charge in [-0.3, -0.25) is 9.69 Å². The number of hydrogen-bond donors (Lipinski definition) is 1. The van der Waals surface area contributed by atoms with Crippen LogP contribution in [0.5, 0.6) is 0 Å². The molecule has 1 aliphatic rings. The molecule has 0 bridgehead atoms. The number of aryl methyl sites for hydroxylation is 1. The van der Waals surface area contributed by atoms with E-state index in [2.05, 4.69) is 16.3 Å². The Morgan fingerprint density at radius 3 is 3.00 bits per heavy atom. The molecule has 1 aromatic carbocycles. The smallest absolute Gasteiger partial charge is 0.237 e. The largest absolute Gasteiger partial charge is 0.358 e. The molecule has 0 aromatic heterocycles. The van der Waals surface area contributed by atoms with Gasteiger partial charge in [0.15, 0.2) is 0 Å². The number of likely N-dealkylation sites (tertiary alicyclic amines) is 1. The molecule has 1 N–H and O–H groups in total. The van der Waals surface area contributed by atoms with E-state index >= 15 is 0 Å². The monoisotopic (exact) mass is 257 g/mol. The van der Waals surface area contributed by atoms with Crippen molar-refractivity contribution in [3.63, 3.8) is 0 Å². The van der Waals surface area contributed by atoms with Gasteiger partial charge in [0.1, 0.15) is 0 Å². The van der Waals surface area contributed by atoms with Gasteiger partial charge in [-0.2, -0.15) is 5.26 Å². The maximum Gasteiger partial charge on any atom is 0.237 e. The number of nitrogens with one attached hydrogen (secondary N) is 1. The van der Waals surface area contributed by atoms with E-state index in [9.17, 15) is 4.79 Å². The van der Waals surface area contributed by atoms with Crippen molar-refractivity contribution in [2.24, 2.45) is 0 Å². The number of hydrogen-bond acceptors (Lipinski definition) is 3. The Morgan fingerprint density at radius 1 is 1.58 bits per heavy atom. The van der Waals surface area contributed by atoms with Crippen LogP contribution in [-0.2, 0) is 11.3 Å². The molecule has 2 rings (SSSR count). The second-order valence-electron chi connectivity index (χ2n) is 5.00. The molecule has 1 aromatic rings. The highest BCUT2D eigenvalue weighted by Crippen LogP contribution is 2.22. The van der Waals surface area contributed by atoms with Crippen molar-refractivity contribution in [1.29, 1.82) is 5.26 Å². The van der Waals surface area contributed by atoms with Crippen molar-refractivity contribution >= 4 is 5.91 Å². The fourth-order valence-electron chi connectivity index (χ4n) is 2.64. The third kappa shape index (κ3) is 2.94. The summed E-state index contributed by atoms with van der Waals surface area (Å²) in [5, 5.41) is 11.6. The summed E-state index contributed by atoms with van der Waals surface area (Å²) in [6.45, 7) is 3.74. The van der Waals surface area contributed by atoms with Crippen LogP contribution in [-0.4, -0.2) is 30.4 Å². The Bertz CT molecular complexity index is 519. The Morgan fingerprint density at radius 2 is 2.37 bits per heavy atom. The molecule has 4 heteroatoms. The lowest BCUT2D eigenvalue weighted by atomic mass is 10.0. The molecule has 0 spiro atoms. The number of rotatable bonds is 3. The molecule has 1 amide bonds. The molecule has 0 radical (unpaired) electrons. The topological polar surface area (TPSA) is 56.1 Å². The second-order valence-corrected chi connectivity index (χ2v) is 5.00. The van der Waals surface area contributed by atoms with Crippen LogP contribution in [0.1, 0.15) is 29.5 Å². The molecule has 100 valence electrons. The van der Waals surface area contributed by atoms with E-state index in [4.69, 9.17) is 5.26 Å². The first-order chi connectivity index (χ1) is 9.15. The summed E-state index contributed by atoms with van der Waals surface area (Å²) in [6, 6.07) is 7.87. The van der Waals surface area contributed by atoms with Crippen LogP contribution in [0.15, 0.2) is 18.2 Å². The Kier molecular flexibility index (Phi) is 4.18. The summed E-state index contributed by atoms with van der Waals surface area (Å²) in [7, 11) is 1.69. The standard InChI is InChI=1S/C15H19N3O/c1-11-8-12(9-16)5-6-13(11)10-18-7-3-4-14(18)15(19)17-2/h5-6,8,14H,3-4,7,10H2,1-2H3,(H,17,19). The third-order valence-corrected chi connectivity index (χ3v) is 3.76. The lowest BCUT2D eigenvalue weighted by Gasteiger charge is -2.23. The average molecular weight is 257 g/mol. The van der Waals surface area contributed by atoms with E-state index in [0.717, 1.165) is 31.5 Å². The highest BCUT2D eigenvalue weighted by molar-refractivity contribution is 5.81. The predicted molar refractivity (Wildman–Crippen MR) is 73.4 cm³/mol. The van der Waals surface area contributed by atoms with Gasteiger partial charge in [-0.25, -0.2) is 0 Å². The first kappa shape index (κ1) is 13.6. The summed E-state index contributed by atoms with van der Waals surface area (Å²) in [6.07, 6.45) is 1.99. The summed E-state index contributed by atoms with van der Waals surface area (Å²) >= 11 is 0. The minimum atomic E-state index is -0.0138. The highest BCUT2D eigenvalue weighted by atomic mass is 16.2. The fourth-order valence-corrected chi connectivity index (χ4v) is 2.64. The van der Waals surface area contributed by atoms with Crippen molar-refractivity contribution in [1.82, 2.24) is 10.2 Å². The molecule has 1 heterocycles. The Labute approximate surface area is 114 Å². The van der Waals surface area contributed by atoms with Gasteiger partial charge in [-0.15, -0.1) is 0 Å². The molecule has 19 heavy (non-hydrogen) atoms. The molecule has 1 unspecified atom stereocenters.